The SMILES string of the molecule is CNC(=O)C1CCCCN1Cc1cccc(N)c1. The van der Waals surface area contributed by atoms with Gasteiger partial charge in [-0.2, -0.15) is 0 Å². The number of likely N-dealkylation sites (tertiary alicyclic amines) is 1. The monoisotopic (exact) mass is 247 g/mol. The quantitative estimate of drug-likeness (QED) is 0.793. The Kier molecular flexibility index (Phi) is 4.20. The van der Waals surface area contributed by atoms with Gasteiger partial charge in [0.2, 0.25) is 5.91 Å². The number of anilines is 1. The first-order valence-corrected chi connectivity index (χ1v) is 6.51. The van der Waals surface area contributed by atoms with E-state index < -0.39 is 0 Å². The maximum absolute atomic E-state index is 11.9. The molecule has 3 N–H and O–H groups in total. The first kappa shape index (κ1) is 12.9. The number of nitrogens with two attached hydrogens (primary N) is 1. The second-order valence-electron chi connectivity index (χ2n) is 4.84. The van der Waals surface area contributed by atoms with Gasteiger partial charge in [0.15, 0.2) is 0 Å². The highest BCUT2D eigenvalue weighted by Crippen LogP contribution is 2.20. The van der Waals surface area contributed by atoms with Crippen molar-refractivity contribution in [2.45, 2.75) is 31.8 Å². The number of nitrogens with one attached hydrogen (secondary N) is 1. The highest BCUT2D eigenvalue weighted by molar-refractivity contribution is 5.81. The average molecular weight is 247 g/mol. The Labute approximate surface area is 108 Å². The summed E-state index contributed by atoms with van der Waals surface area (Å²) in [5, 5.41) is 2.76. The number of carbonyl (C=O) groups is 1. The first-order chi connectivity index (χ1) is 8.70. The lowest BCUT2D eigenvalue weighted by atomic mass is 10.0. The van der Waals surface area contributed by atoms with Gasteiger partial charge in [0.05, 0.1) is 6.04 Å². The van der Waals surface area contributed by atoms with Crippen molar-refractivity contribution in [1.29, 1.82) is 0 Å². The number of hydrogen-bond donors (Lipinski definition) is 2. The van der Waals surface area contributed by atoms with E-state index >= 15 is 0 Å². The van der Waals surface area contributed by atoms with Crippen LogP contribution in [0.25, 0.3) is 0 Å². The number of benzene rings is 1. The lowest BCUT2D eigenvalue weighted by Gasteiger charge is -2.34. The molecule has 0 saturated carbocycles. The third-order valence-electron chi connectivity index (χ3n) is 3.50. The number of likely N-dealkylation sites (N-methyl/N-ethyl adjacent to an activating group) is 1. The van der Waals surface area contributed by atoms with Crippen LogP contribution < -0.4 is 11.1 Å². The third kappa shape index (κ3) is 3.01. The van der Waals surface area contributed by atoms with Crippen molar-refractivity contribution in [1.82, 2.24) is 10.2 Å². The summed E-state index contributed by atoms with van der Waals surface area (Å²) in [7, 11) is 1.70. The molecular formula is C14H21N3O. The largest absolute Gasteiger partial charge is 0.399 e. The molecule has 1 aliphatic heterocycles. The second kappa shape index (κ2) is 5.87. The molecule has 0 spiro atoms. The first-order valence-electron chi connectivity index (χ1n) is 6.51. The van der Waals surface area contributed by atoms with E-state index in [0.717, 1.165) is 38.0 Å². The van der Waals surface area contributed by atoms with Gasteiger partial charge in [-0.15, -0.1) is 0 Å². The Balaban J connectivity index is 2.07. The number of nitrogens with zero attached hydrogens (tertiary/aromatic N) is 1. The Morgan fingerprint density at radius 3 is 3.06 bits per heavy atom. The minimum absolute atomic E-state index is 0.00480. The summed E-state index contributed by atoms with van der Waals surface area (Å²) < 4.78 is 0. The van der Waals surface area contributed by atoms with Gasteiger partial charge in [-0.25, -0.2) is 0 Å². The van der Waals surface area contributed by atoms with E-state index in [4.69, 9.17) is 5.73 Å². The molecule has 1 unspecified atom stereocenters. The molecule has 0 aromatic heterocycles. The molecule has 1 amide bonds. The molecule has 0 aliphatic carbocycles. The van der Waals surface area contributed by atoms with E-state index in [1.807, 2.05) is 18.2 Å². The fourth-order valence-corrected chi connectivity index (χ4v) is 2.57. The predicted octanol–water partition coefficient (Wildman–Crippen LogP) is 1.37. The number of hydrogen-bond acceptors (Lipinski definition) is 3. The van der Waals surface area contributed by atoms with Crippen LogP contribution in [-0.4, -0.2) is 30.4 Å². The molecule has 1 heterocycles. The van der Waals surface area contributed by atoms with Crippen LogP contribution in [0.15, 0.2) is 24.3 Å². The van der Waals surface area contributed by atoms with E-state index in [0.29, 0.717) is 0 Å². The van der Waals surface area contributed by atoms with Crippen LogP contribution in [0.3, 0.4) is 0 Å². The van der Waals surface area contributed by atoms with Crippen molar-refractivity contribution in [3.63, 3.8) is 0 Å². The van der Waals surface area contributed by atoms with Crippen molar-refractivity contribution >= 4 is 11.6 Å². The van der Waals surface area contributed by atoms with E-state index in [2.05, 4.69) is 16.3 Å². The van der Waals surface area contributed by atoms with Crippen molar-refractivity contribution < 1.29 is 4.79 Å². The molecule has 1 aromatic carbocycles. The molecule has 1 aliphatic rings. The Hall–Kier alpha value is -1.55. The van der Waals surface area contributed by atoms with Crippen molar-refractivity contribution in [3.8, 4) is 0 Å². The van der Waals surface area contributed by atoms with Crippen LogP contribution in [0.5, 0.6) is 0 Å². The fourth-order valence-electron chi connectivity index (χ4n) is 2.57. The summed E-state index contributed by atoms with van der Waals surface area (Å²) in [6.07, 6.45) is 3.24. The zero-order valence-electron chi connectivity index (χ0n) is 10.9. The molecule has 0 bridgehead atoms. The molecule has 1 atom stereocenters. The fraction of sp³-hybridized carbons (Fsp3) is 0.500. The van der Waals surface area contributed by atoms with Crippen LogP contribution in [0.4, 0.5) is 5.69 Å². The van der Waals surface area contributed by atoms with Gasteiger partial charge in [-0.3, -0.25) is 9.69 Å². The molecule has 2 rings (SSSR count). The molecule has 1 saturated heterocycles. The Morgan fingerprint density at radius 1 is 1.50 bits per heavy atom. The predicted molar refractivity (Wildman–Crippen MR) is 73.0 cm³/mol. The average Bonchev–Trinajstić information content (AvgIpc) is 2.38. The highest BCUT2D eigenvalue weighted by atomic mass is 16.2. The lowest BCUT2D eigenvalue weighted by Crippen LogP contribution is -2.48. The molecule has 4 heteroatoms. The number of piperidine rings is 1. The van der Waals surface area contributed by atoms with Crippen LogP contribution in [0.2, 0.25) is 0 Å². The van der Waals surface area contributed by atoms with E-state index in [9.17, 15) is 4.79 Å². The summed E-state index contributed by atoms with van der Waals surface area (Å²) in [6, 6.07) is 7.89. The Bertz CT molecular complexity index is 419. The van der Waals surface area contributed by atoms with Gasteiger partial charge in [0.25, 0.3) is 0 Å². The molecule has 18 heavy (non-hydrogen) atoms. The molecule has 1 aromatic rings. The second-order valence-corrected chi connectivity index (χ2v) is 4.84. The normalized spacial score (nSPS) is 20.6. The molecule has 4 nitrogen and oxygen atoms in total. The van der Waals surface area contributed by atoms with Gasteiger partial charge < -0.3 is 11.1 Å². The van der Waals surface area contributed by atoms with Crippen molar-refractivity contribution in [3.05, 3.63) is 29.8 Å². The van der Waals surface area contributed by atoms with E-state index in [-0.39, 0.29) is 11.9 Å². The maximum atomic E-state index is 11.9. The number of nitrogen functional groups attached to an aromatic ring is 1. The standard InChI is InChI=1S/C14H21N3O/c1-16-14(18)13-7-2-3-8-17(13)10-11-5-4-6-12(15)9-11/h4-6,9,13H,2-3,7-8,10,15H2,1H3,(H,16,18). The third-order valence-corrected chi connectivity index (χ3v) is 3.50. The van der Waals surface area contributed by atoms with Crippen LogP contribution >= 0.6 is 0 Å². The van der Waals surface area contributed by atoms with Crippen LogP contribution in [0.1, 0.15) is 24.8 Å². The topological polar surface area (TPSA) is 58.4 Å². The molecular weight excluding hydrogens is 226 g/mol. The zero-order valence-corrected chi connectivity index (χ0v) is 10.9. The van der Waals surface area contributed by atoms with Gasteiger partial charge in [0.1, 0.15) is 0 Å². The summed E-state index contributed by atoms with van der Waals surface area (Å²) in [5.41, 5.74) is 7.74. The molecule has 98 valence electrons. The number of rotatable bonds is 3. The Morgan fingerprint density at radius 2 is 2.33 bits per heavy atom. The molecule has 1 fully saturated rings. The van der Waals surface area contributed by atoms with Crippen molar-refractivity contribution in [2.75, 3.05) is 19.3 Å². The summed E-state index contributed by atoms with van der Waals surface area (Å²) in [6.45, 7) is 1.77. The molecule has 0 radical (unpaired) electrons. The minimum Gasteiger partial charge on any atom is -0.399 e. The minimum atomic E-state index is 0.00480. The smallest absolute Gasteiger partial charge is 0.237 e. The highest BCUT2D eigenvalue weighted by Gasteiger charge is 2.27. The van der Waals surface area contributed by atoms with E-state index in [1.54, 1.807) is 7.05 Å². The summed E-state index contributed by atoms with van der Waals surface area (Å²) in [4.78, 5) is 14.1. The lowest BCUT2D eigenvalue weighted by molar-refractivity contribution is -0.127. The van der Waals surface area contributed by atoms with Gasteiger partial charge in [0, 0.05) is 19.3 Å². The van der Waals surface area contributed by atoms with E-state index in [1.165, 1.54) is 5.56 Å². The maximum Gasteiger partial charge on any atom is 0.237 e. The number of carbonyl (C=O) groups excluding carboxylic acids is 1. The number of amides is 1. The van der Waals surface area contributed by atoms with Crippen molar-refractivity contribution in [2.24, 2.45) is 0 Å². The van der Waals surface area contributed by atoms with Gasteiger partial charge in [-0.1, -0.05) is 18.6 Å². The van der Waals surface area contributed by atoms with Gasteiger partial charge in [-0.05, 0) is 37.1 Å². The summed E-state index contributed by atoms with van der Waals surface area (Å²) in [5.74, 6) is 0.124. The zero-order chi connectivity index (χ0) is 13.0. The van der Waals surface area contributed by atoms with Crippen LogP contribution in [0, 0.1) is 0 Å². The summed E-state index contributed by atoms with van der Waals surface area (Å²) >= 11 is 0. The van der Waals surface area contributed by atoms with Gasteiger partial charge >= 0.3 is 0 Å². The van der Waals surface area contributed by atoms with Crippen LogP contribution in [-0.2, 0) is 11.3 Å².